The number of imidazole rings is 1. The van der Waals surface area contributed by atoms with E-state index in [0.29, 0.717) is 17.2 Å². The number of aromatic nitrogens is 3. The van der Waals surface area contributed by atoms with E-state index in [2.05, 4.69) is 36.9 Å². The molecule has 5 rings (SSSR count). The van der Waals surface area contributed by atoms with Crippen molar-refractivity contribution < 1.29 is 9.53 Å². The zero-order valence-corrected chi connectivity index (χ0v) is 19.6. The number of carbonyl (C=O) groups is 1. The summed E-state index contributed by atoms with van der Waals surface area (Å²) in [5.41, 5.74) is 3.06. The first-order valence-electron chi connectivity index (χ1n) is 10.7. The number of nitrogens with zero attached hydrogens (tertiary/aromatic N) is 3. The van der Waals surface area contributed by atoms with Crippen molar-refractivity contribution in [2.45, 2.75) is 12.5 Å². The maximum atomic E-state index is 12.5. The highest BCUT2D eigenvalue weighted by molar-refractivity contribution is 9.10. The summed E-state index contributed by atoms with van der Waals surface area (Å²) < 4.78 is 9.04. The van der Waals surface area contributed by atoms with Gasteiger partial charge in [0.1, 0.15) is 17.2 Å². The number of rotatable bonds is 6. The van der Waals surface area contributed by atoms with Gasteiger partial charge in [0.15, 0.2) is 0 Å². The molecular formula is C24H23BrN6O2. The highest BCUT2D eigenvalue weighted by atomic mass is 79.9. The highest BCUT2D eigenvalue weighted by Crippen LogP contribution is 2.28. The number of amides is 1. The first-order chi connectivity index (χ1) is 16.0. The lowest BCUT2D eigenvalue weighted by Crippen LogP contribution is -2.36. The van der Waals surface area contributed by atoms with Gasteiger partial charge in [-0.3, -0.25) is 9.78 Å². The van der Waals surface area contributed by atoms with Crippen LogP contribution >= 0.6 is 15.9 Å². The zero-order valence-electron chi connectivity index (χ0n) is 18.0. The van der Waals surface area contributed by atoms with Crippen molar-refractivity contribution in [1.82, 2.24) is 25.2 Å². The molecule has 1 saturated heterocycles. The lowest BCUT2D eigenvalue weighted by atomic mass is 10.2. The number of benzene rings is 2. The third-order valence-electron chi connectivity index (χ3n) is 5.55. The number of hydrogen-bond acceptors (Lipinski definition) is 6. The van der Waals surface area contributed by atoms with E-state index in [0.717, 1.165) is 46.7 Å². The van der Waals surface area contributed by atoms with Gasteiger partial charge in [-0.25, -0.2) is 4.98 Å². The Morgan fingerprint density at radius 1 is 1.15 bits per heavy atom. The highest BCUT2D eigenvalue weighted by Gasteiger charge is 2.18. The second-order valence-electron chi connectivity index (χ2n) is 7.92. The van der Waals surface area contributed by atoms with E-state index in [1.807, 2.05) is 54.1 Å². The average Bonchev–Trinajstić information content (AvgIpc) is 3.43. The Labute approximate surface area is 199 Å². The molecule has 1 atom stereocenters. The normalized spacial score (nSPS) is 15.5. The number of hydrogen-bond donors (Lipinski definition) is 3. The molecule has 3 N–H and O–H groups in total. The molecule has 0 unspecified atom stereocenters. The Kier molecular flexibility index (Phi) is 5.97. The van der Waals surface area contributed by atoms with Gasteiger partial charge in [0, 0.05) is 48.1 Å². The van der Waals surface area contributed by atoms with Crippen LogP contribution in [0.3, 0.4) is 0 Å². The van der Waals surface area contributed by atoms with Gasteiger partial charge in [-0.05, 0) is 55.4 Å². The van der Waals surface area contributed by atoms with Gasteiger partial charge in [-0.15, -0.1) is 0 Å². The topological polar surface area (TPSA) is 93.1 Å². The fourth-order valence-corrected chi connectivity index (χ4v) is 4.05. The third-order valence-corrected chi connectivity index (χ3v) is 6.08. The molecule has 1 aliphatic rings. The summed E-state index contributed by atoms with van der Waals surface area (Å²) in [4.78, 5) is 21.4. The number of pyridine rings is 1. The zero-order chi connectivity index (χ0) is 22.8. The van der Waals surface area contributed by atoms with Crippen LogP contribution in [0.5, 0.6) is 11.5 Å². The Morgan fingerprint density at radius 3 is 2.76 bits per heavy atom. The first kappa shape index (κ1) is 21.4. The van der Waals surface area contributed by atoms with Crippen LogP contribution < -0.4 is 20.7 Å². The number of ether oxygens (including phenoxy) is 1. The van der Waals surface area contributed by atoms with Gasteiger partial charge in [-0.2, -0.15) is 0 Å². The molecule has 33 heavy (non-hydrogen) atoms. The van der Waals surface area contributed by atoms with Crippen molar-refractivity contribution in [2.24, 2.45) is 7.05 Å². The van der Waals surface area contributed by atoms with E-state index in [4.69, 9.17) is 9.72 Å². The smallest absolute Gasteiger partial charge is 0.270 e. The number of aryl methyl sites for hydroxylation is 1. The van der Waals surface area contributed by atoms with Crippen molar-refractivity contribution >= 4 is 44.5 Å². The van der Waals surface area contributed by atoms with Gasteiger partial charge < -0.3 is 25.3 Å². The van der Waals surface area contributed by atoms with E-state index in [1.165, 1.54) is 0 Å². The molecule has 3 heterocycles. The second-order valence-corrected chi connectivity index (χ2v) is 8.83. The Morgan fingerprint density at radius 2 is 1.97 bits per heavy atom. The van der Waals surface area contributed by atoms with Gasteiger partial charge >= 0.3 is 0 Å². The molecule has 168 valence electrons. The average molecular weight is 507 g/mol. The summed E-state index contributed by atoms with van der Waals surface area (Å²) in [6, 6.07) is 17.2. The maximum Gasteiger partial charge on any atom is 0.270 e. The summed E-state index contributed by atoms with van der Waals surface area (Å²) in [7, 11) is 1.96. The molecule has 0 spiro atoms. The van der Waals surface area contributed by atoms with Crippen LogP contribution in [0.1, 0.15) is 16.9 Å². The molecule has 1 aliphatic heterocycles. The first-order valence-corrected chi connectivity index (χ1v) is 11.5. The molecule has 0 bridgehead atoms. The molecule has 0 saturated carbocycles. The lowest BCUT2D eigenvalue weighted by molar-refractivity contribution is 0.0934. The quantitative estimate of drug-likeness (QED) is 0.359. The van der Waals surface area contributed by atoms with Crippen molar-refractivity contribution in [3.63, 3.8) is 0 Å². The summed E-state index contributed by atoms with van der Waals surface area (Å²) in [6.45, 7) is 1.70. The Balaban J connectivity index is 1.33. The molecule has 2 aromatic heterocycles. The van der Waals surface area contributed by atoms with E-state index in [1.54, 1.807) is 18.3 Å². The van der Waals surface area contributed by atoms with E-state index < -0.39 is 0 Å². The summed E-state index contributed by atoms with van der Waals surface area (Å²) in [5, 5.41) is 9.58. The molecule has 0 radical (unpaired) electrons. The van der Waals surface area contributed by atoms with Crippen LogP contribution in [-0.2, 0) is 7.05 Å². The molecule has 1 fully saturated rings. The van der Waals surface area contributed by atoms with Crippen LogP contribution in [-0.4, -0.2) is 39.6 Å². The number of anilines is 2. The van der Waals surface area contributed by atoms with Crippen LogP contribution in [0.25, 0.3) is 11.0 Å². The minimum Gasteiger partial charge on any atom is -0.457 e. The van der Waals surface area contributed by atoms with E-state index in [9.17, 15) is 4.79 Å². The number of halogens is 1. The second kappa shape index (κ2) is 9.21. The third kappa shape index (κ3) is 4.84. The SMILES string of the molecule is Cn1c(Nc2ccc(Br)cc2)nc2cc(Oc3ccnc(C(=O)N[C@@H]4CCNC4)c3)ccc21. The van der Waals surface area contributed by atoms with Gasteiger partial charge in [0.05, 0.1) is 11.0 Å². The number of fused-ring (bicyclic) bond motifs is 1. The van der Waals surface area contributed by atoms with Gasteiger partial charge in [0.25, 0.3) is 5.91 Å². The maximum absolute atomic E-state index is 12.5. The number of carbonyl (C=O) groups excluding carboxylic acids is 1. The van der Waals surface area contributed by atoms with Crippen LogP contribution in [0.15, 0.2) is 65.3 Å². The Hall–Kier alpha value is -3.43. The van der Waals surface area contributed by atoms with Crippen LogP contribution in [0.2, 0.25) is 0 Å². The molecule has 9 heteroatoms. The van der Waals surface area contributed by atoms with Crippen molar-refractivity contribution in [3.8, 4) is 11.5 Å². The predicted molar refractivity (Wildman–Crippen MR) is 131 cm³/mol. The van der Waals surface area contributed by atoms with E-state index in [-0.39, 0.29) is 11.9 Å². The van der Waals surface area contributed by atoms with Crippen LogP contribution in [0, 0.1) is 0 Å². The summed E-state index contributed by atoms with van der Waals surface area (Å²) in [6.07, 6.45) is 2.50. The largest absolute Gasteiger partial charge is 0.457 e. The fourth-order valence-electron chi connectivity index (χ4n) is 3.79. The van der Waals surface area contributed by atoms with Crippen molar-refractivity contribution in [2.75, 3.05) is 18.4 Å². The number of nitrogens with one attached hydrogen (secondary N) is 3. The molecule has 0 aliphatic carbocycles. The summed E-state index contributed by atoms with van der Waals surface area (Å²) >= 11 is 3.45. The van der Waals surface area contributed by atoms with Crippen molar-refractivity contribution in [1.29, 1.82) is 0 Å². The van der Waals surface area contributed by atoms with Gasteiger partial charge in [0.2, 0.25) is 5.95 Å². The molecule has 1 amide bonds. The minimum absolute atomic E-state index is 0.135. The molecular weight excluding hydrogens is 484 g/mol. The summed E-state index contributed by atoms with van der Waals surface area (Å²) in [5.74, 6) is 1.71. The molecule has 2 aromatic carbocycles. The minimum atomic E-state index is -0.196. The standard InChI is InChI=1S/C24H23BrN6O2/c1-31-22-7-6-18(12-20(22)30-24(31)29-16-4-2-15(25)3-5-16)33-19-9-11-27-21(13-19)23(32)28-17-8-10-26-14-17/h2-7,9,11-13,17,26H,8,10,14H2,1H3,(H,28,32)(H,29,30)/t17-/m1/s1. The monoisotopic (exact) mass is 506 g/mol. The molecule has 8 nitrogen and oxygen atoms in total. The van der Waals surface area contributed by atoms with Crippen LogP contribution in [0.4, 0.5) is 11.6 Å². The van der Waals surface area contributed by atoms with Gasteiger partial charge in [-0.1, -0.05) is 15.9 Å². The Bertz CT molecular complexity index is 1300. The lowest BCUT2D eigenvalue weighted by Gasteiger charge is -2.11. The predicted octanol–water partition coefficient (Wildman–Crippen LogP) is 4.36. The van der Waals surface area contributed by atoms with Crippen molar-refractivity contribution in [3.05, 3.63) is 71.0 Å². The molecule has 4 aromatic rings. The van der Waals surface area contributed by atoms with E-state index >= 15 is 0 Å². The fraction of sp³-hybridized carbons (Fsp3) is 0.208.